The van der Waals surface area contributed by atoms with Gasteiger partial charge in [-0.3, -0.25) is 0 Å². The van der Waals surface area contributed by atoms with E-state index in [0.29, 0.717) is 11.8 Å². The monoisotopic (exact) mass is 225 g/mol. The second kappa shape index (κ2) is 4.03. The van der Waals surface area contributed by atoms with E-state index in [0.717, 1.165) is 22.8 Å². The van der Waals surface area contributed by atoms with Gasteiger partial charge in [-0.15, -0.1) is 0 Å². The Morgan fingerprint density at radius 2 is 2.27 bits per heavy atom. The number of ether oxygens (including phenoxy) is 1. The van der Waals surface area contributed by atoms with Crippen molar-refractivity contribution in [3.63, 3.8) is 0 Å². The van der Waals surface area contributed by atoms with Gasteiger partial charge < -0.3 is 10.5 Å². The molecular weight excluding hydrogens is 210 g/mol. The number of halogens is 1. The van der Waals surface area contributed by atoms with Gasteiger partial charge in [0.25, 0.3) is 0 Å². The molecular formula is C12H16ClNO. The van der Waals surface area contributed by atoms with Gasteiger partial charge in [0.05, 0.1) is 7.11 Å². The van der Waals surface area contributed by atoms with E-state index in [-0.39, 0.29) is 6.04 Å². The Hall–Kier alpha value is -0.730. The third kappa shape index (κ3) is 1.97. The molecule has 2 rings (SSSR count). The van der Waals surface area contributed by atoms with Crippen molar-refractivity contribution in [2.45, 2.75) is 25.3 Å². The highest BCUT2D eigenvalue weighted by molar-refractivity contribution is 6.31. The van der Waals surface area contributed by atoms with Crippen LogP contribution in [0.4, 0.5) is 0 Å². The summed E-state index contributed by atoms with van der Waals surface area (Å²) < 4.78 is 5.33. The van der Waals surface area contributed by atoms with Gasteiger partial charge in [0, 0.05) is 16.6 Å². The van der Waals surface area contributed by atoms with E-state index in [9.17, 15) is 0 Å². The number of nitrogens with two attached hydrogens (primary N) is 1. The minimum Gasteiger partial charge on any atom is -0.496 e. The fourth-order valence-electron chi connectivity index (χ4n) is 2.18. The minimum absolute atomic E-state index is 0.232. The van der Waals surface area contributed by atoms with Crippen molar-refractivity contribution in [3.8, 4) is 5.75 Å². The number of methoxy groups -OCH3 is 1. The van der Waals surface area contributed by atoms with Gasteiger partial charge in [-0.2, -0.15) is 0 Å². The molecule has 0 spiro atoms. The van der Waals surface area contributed by atoms with E-state index in [1.807, 2.05) is 25.1 Å². The Balaban J connectivity index is 2.29. The number of rotatable bonds is 3. The van der Waals surface area contributed by atoms with Gasteiger partial charge in [-0.1, -0.05) is 17.7 Å². The van der Waals surface area contributed by atoms with Gasteiger partial charge in [-0.05, 0) is 37.3 Å². The van der Waals surface area contributed by atoms with Crippen LogP contribution in [0, 0.1) is 5.92 Å². The van der Waals surface area contributed by atoms with Crippen LogP contribution in [0.15, 0.2) is 18.2 Å². The lowest BCUT2D eigenvalue weighted by Gasteiger charge is -2.11. The maximum Gasteiger partial charge on any atom is 0.123 e. The smallest absolute Gasteiger partial charge is 0.123 e. The summed E-state index contributed by atoms with van der Waals surface area (Å²) in [4.78, 5) is 0. The van der Waals surface area contributed by atoms with E-state index in [1.54, 1.807) is 7.11 Å². The zero-order valence-electron chi connectivity index (χ0n) is 9.03. The van der Waals surface area contributed by atoms with Gasteiger partial charge in [0.15, 0.2) is 0 Å². The molecule has 0 aromatic heterocycles. The first-order valence-electron chi connectivity index (χ1n) is 5.23. The lowest BCUT2D eigenvalue weighted by atomic mass is 10.1. The van der Waals surface area contributed by atoms with Crippen LogP contribution in [-0.2, 0) is 0 Å². The molecule has 1 fully saturated rings. The molecule has 82 valence electrons. The average Bonchev–Trinajstić information content (AvgIpc) is 2.96. The molecule has 3 atom stereocenters. The largest absolute Gasteiger partial charge is 0.496 e. The first-order valence-corrected chi connectivity index (χ1v) is 5.61. The van der Waals surface area contributed by atoms with Crippen molar-refractivity contribution in [3.05, 3.63) is 28.8 Å². The third-order valence-electron chi connectivity index (χ3n) is 3.12. The molecule has 0 saturated heterocycles. The summed E-state index contributed by atoms with van der Waals surface area (Å²) >= 11 is 6.19. The summed E-state index contributed by atoms with van der Waals surface area (Å²) in [6.07, 6.45) is 1.12. The Labute approximate surface area is 95.4 Å². The van der Waals surface area contributed by atoms with Crippen molar-refractivity contribution in [2.24, 2.45) is 11.7 Å². The molecule has 3 heteroatoms. The fraction of sp³-hybridized carbons (Fsp3) is 0.500. The molecule has 15 heavy (non-hydrogen) atoms. The quantitative estimate of drug-likeness (QED) is 0.859. The predicted octanol–water partition coefficient (Wildman–Crippen LogP) is 2.80. The van der Waals surface area contributed by atoms with Crippen LogP contribution in [0.3, 0.4) is 0 Å². The van der Waals surface area contributed by atoms with Gasteiger partial charge in [0.1, 0.15) is 5.75 Å². The molecule has 0 amide bonds. The number of hydrogen-bond acceptors (Lipinski definition) is 2. The molecule has 1 saturated carbocycles. The molecule has 0 bridgehead atoms. The highest BCUT2D eigenvalue weighted by Gasteiger charge is 2.43. The first-order chi connectivity index (χ1) is 7.15. The molecule has 1 aliphatic rings. The van der Waals surface area contributed by atoms with Crippen molar-refractivity contribution >= 4 is 11.6 Å². The van der Waals surface area contributed by atoms with Crippen LogP contribution in [0.25, 0.3) is 0 Å². The second-order valence-electron chi connectivity index (χ2n) is 4.22. The van der Waals surface area contributed by atoms with Crippen molar-refractivity contribution in [1.29, 1.82) is 0 Å². The molecule has 3 unspecified atom stereocenters. The van der Waals surface area contributed by atoms with Crippen molar-refractivity contribution < 1.29 is 4.74 Å². The predicted molar refractivity (Wildman–Crippen MR) is 62.5 cm³/mol. The summed E-state index contributed by atoms with van der Waals surface area (Å²) in [7, 11) is 1.68. The van der Waals surface area contributed by atoms with Crippen molar-refractivity contribution in [2.75, 3.05) is 7.11 Å². The summed E-state index contributed by atoms with van der Waals surface area (Å²) in [5, 5.41) is 0.794. The standard InChI is InChI=1S/C12H16ClNO/c1-7(14)8-6-9(8)12-10(13)4-3-5-11(12)15-2/h3-5,7-9H,6,14H2,1-2H3. The van der Waals surface area contributed by atoms with Crippen LogP contribution in [0.2, 0.25) is 5.02 Å². The molecule has 1 aromatic rings. The van der Waals surface area contributed by atoms with Crippen LogP contribution in [-0.4, -0.2) is 13.2 Å². The van der Waals surface area contributed by atoms with Crippen LogP contribution < -0.4 is 10.5 Å². The van der Waals surface area contributed by atoms with E-state index in [1.165, 1.54) is 0 Å². The topological polar surface area (TPSA) is 35.2 Å². The SMILES string of the molecule is COc1cccc(Cl)c1C1CC1C(C)N. The lowest BCUT2D eigenvalue weighted by Crippen LogP contribution is -2.18. The molecule has 1 aliphatic carbocycles. The minimum atomic E-state index is 0.232. The molecule has 0 aliphatic heterocycles. The van der Waals surface area contributed by atoms with Gasteiger partial charge in [-0.25, -0.2) is 0 Å². The van der Waals surface area contributed by atoms with Gasteiger partial charge in [0.2, 0.25) is 0 Å². The molecule has 0 radical (unpaired) electrons. The molecule has 1 aromatic carbocycles. The maximum atomic E-state index is 6.19. The van der Waals surface area contributed by atoms with Gasteiger partial charge >= 0.3 is 0 Å². The van der Waals surface area contributed by atoms with Crippen LogP contribution in [0.5, 0.6) is 5.75 Å². The van der Waals surface area contributed by atoms with Crippen molar-refractivity contribution in [1.82, 2.24) is 0 Å². The molecule has 2 N–H and O–H groups in total. The highest BCUT2D eigenvalue weighted by Crippen LogP contribution is 2.53. The number of hydrogen-bond donors (Lipinski definition) is 1. The average molecular weight is 226 g/mol. The Morgan fingerprint density at radius 3 is 2.80 bits per heavy atom. The Kier molecular flexibility index (Phi) is 2.89. The summed E-state index contributed by atoms with van der Waals surface area (Å²) in [6.45, 7) is 2.05. The maximum absolute atomic E-state index is 6.19. The summed E-state index contributed by atoms with van der Waals surface area (Å²) in [6, 6.07) is 6.01. The zero-order valence-corrected chi connectivity index (χ0v) is 9.79. The summed E-state index contributed by atoms with van der Waals surface area (Å²) in [5.74, 6) is 1.92. The van der Waals surface area contributed by atoms with Crippen LogP contribution in [0.1, 0.15) is 24.8 Å². The summed E-state index contributed by atoms with van der Waals surface area (Å²) in [5.41, 5.74) is 7.01. The number of benzene rings is 1. The van der Waals surface area contributed by atoms with Crippen LogP contribution >= 0.6 is 11.6 Å². The van der Waals surface area contributed by atoms with E-state index in [2.05, 4.69) is 0 Å². The Bertz CT molecular complexity index is 365. The second-order valence-corrected chi connectivity index (χ2v) is 4.63. The third-order valence-corrected chi connectivity index (χ3v) is 3.45. The Morgan fingerprint density at radius 1 is 1.53 bits per heavy atom. The van der Waals surface area contributed by atoms with E-state index < -0.39 is 0 Å². The zero-order chi connectivity index (χ0) is 11.0. The molecule has 2 nitrogen and oxygen atoms in total. The fourth-order valence-corrected chi connectivity index (χ4v) is 2.49. The van der Waals surface area contributed by atoms with E-state index in [4.69, 9.17) is 22.1 Å². The highest BCUT2D eigenvalue weighted by atomic mass is 35.5. The molecule has 0 heterocycles. The lowest BCUT2D eigenvalue weighted by molar-refractivity contribution is 0.408. The normalized spacial score (nSPS) is 26.1. The van der Waals surface area contributed by atoms with E-state index >= 15 is 0 Å². The first kappa shape index (κ1) is 10.8.